The lowest BCUT2D eigenvalue weighted by Gasteiger charge is -2.19. The molecular formula is C38H73NO4. The minimum Gasteiger partial charge on any atom is -0.469 e. The smallest absolute Gasteiger partial charge is 0.306 e. The standard InChI is InChI=1S/C38H73NO4/c1-5-6-7-8-9-10-11-12-13-14-15-16-17-18-19-22-25-29-36(43-38(41)31-27-32-39(2)3)35-33-34(35)28-24-21-20-23-26-30-37(40)42-4/h34-36H,5-33H2,1-4H3. The number of esters is 2. The minimum atomic E-state index is -0.0947. The summed E-state index contributed by atoms with van der Waals surface area (Å²) in [6.45, 7) is 3.23. The van der Waals surface area contributed by atoms with Crippen LogP contribution in [-0.4, -0.2) is 50.7 Å². The van der Waals surface area contributed by atoms with Crippen molar-refractivity contribution in [2.24, 2.45) is 11.8 Å². The zero-order valence-corrected chi connectivity index (χ0v) is 29.3. The number of rotatable bonds is 32. The van der Waals surface area contributed by atoms with Crippen LogP contribution in [0.5, 0.6) is 0 Å². The predicted molar refractivity (Wildman–Crippen MR) is 182 cm³/mol. The Labute approximate surface area is 268 Å². The number of ether oxygens (including phenoxy) is 2. The van der Waals surface area contributed by atoms with Crippen molar-refractivity contribution in [2.75, 3.05) is 27.7 Å². The van der Waals surface area contributed by atoms with Gasteiger partial charge >= 0.3 is 11.9 Å². The maximum absolute atomic E-state index is 12.6. The molecule has 0 aromatic carbocycles. The molecule has 254 valence electrons. The van der Waals surface area contributed by atoms with Crippen molar-refractivity contribution in [2.45, 2.75) is 193 Å². The van der Waals surface area contributed by atoms with Crippen LogP contribution in [0.1, 0.15) is 187 Å². The second-order valence-corrected chi connectivity index (χ2v) is 13.9. The number of hydrogen-bond acceptors (Lipinski definition) is 5. The van der Waals surface area contributed by atoms with Gasteiger partial charge in [-0.25, -0.2) is 0 Å². The first-order valence-electron chi connectivity index (χ1n) is 18.9. The SMILES string of the molecule is CCCCCCCCCCCCCCCCCCCC(OC(=O)CCCN(C)C)C1CC1CCCCCCCC(=O)OC. The van der Waals surface area contributed by atoms with Crippen LogP contribution >= 0.6 is 0 Å². The van der Waals surface area contributed by atoms with Gasteiger partial charge < -0.3 is 14.4 Å². The van der Waals surface area contributed by atoms with Crippen molar-refractivity contribution in [3.63, 3.8) is 0 Å². The zero-order chi connectivity index (χ0) is 31.4. The zero-order valence-electron chi connectivity index (χ0n) is 29.3. The average Bonchev–Trinajstić information content (AvgIpc) is 3.76. The number of nitrogens with zero attached hydrogens (tertiary/aromatic N) is 1. The molecule has 0 bridgehead atoms. The molecule has 0 amide bonds. The number of carbonyl (C=O) groups excluding carboxylic acids is 2. The van der Waals surface area contributed by atoms with E-state index in [0.29, 0.717) is 18.8 Å². The monoisotopic (exact) mass is 608 g/mol. The van der Waals surface area contributed by atoms with E-state index in [1.807, 2.05) is 0 Å². The molecule has 0 aromatic rings. The van der Waals surface area contributed by atoms with Crippen LogP contribution < -0.4 is 0 Å². The van der Waals surface area contributed by atoms with Crippen LogP contribution in [0, 0.1) is 11.8 Å². The van der Waals surface area contributed by atoms with E-state index in [9.17, 15) is 9.59 Å². The fourth-order valence-corrected chi connectivity index (χ4v) is 6.56. The molecule has 3 unspecified atom stereocenters. The first-order valence-corrected chi connectivity index (χ1v) is 18.9. The van der Waals surface area contributed by atoms with E-state index in [1.54, 1.807) is 0 Å². The van der Waals surface area contributed by atoms with Crippen LogP contribution in [0.4, 0.5) is 0 Å². The average molecular weight is 608 g/mol. The molecule has 1 fully saturated rings. The van der Waals surface area contributed by atoms with Gasteiger partial charge in [0.2, 0.25) is 0 Å². The summed E-state index contributed by atoms with van der Waals surface area (Å²) < 4.78 is 10.8. The van der Waals surface area contributed by atoms with Gasteiger partial charge in [0, 0.05) is 12.8 Å². The summed E-state index contributed by atoms with van der Waals surface area (Å²) in [5, 5.41) is 0. The number of carbonyl (C=O) groups is 2. The summed E-state index contributed by atoms with van der Waals surface area (Å²) in [5.41, 5.74) is 0. The van der Waals surface area contributed by atoms with Crippen molar-refractivity contribution in [1.82, 2.24) is 4.90 Å². The van der Waals surface area contributed by atoms with Gasteiger partial charge in [-0.3, -0.25) is 9.59 Å². The molecule has 0 radical (unpaired) electrons. The fourth-order valence-electron chi connectivity index (χ4n) is 6.56. The summed E-state index contributed by atoms with van der Waals surface area (Å²) in [6.07, 6.45) is 35.0. The third-order valence-electron chi connectivity index (χ3n) is 9.50. The summed E-state index contributed by atoms with van der Waals surface area (Å²) in [4.78, 5) is 26.0. The summed E-state index contributed by atoms with van der Waals surface area (Å²) in [5.74, 6) is 1.23. The Morgan fingerprint density at radius 3 is 1.60 bits per heavy atom. The predicted octanol–water partition coefficient (Wildman–Crippen LogP) is 10.8. The number of hydrogen-bond donors (Lipinski definition) is 0. The molecule has 0 heterocycles. The number of unbranched alkanes of at least 4 members (excludes halogenated alkanes) is 20. The quantitative estimate of drug-likeness (QED) is 0.0562. The van der Waals surface area contributed by atoms with Crippen LogP contribution in [0.25, 0.3) is 0 Å². The molecule has 1 aliphatic rings. The second-order valence-electron chi connectivity index (χ2n) is 13.9. The van der Waals surface area contributed by atoms with Crippen molar-refractivity contribution < 1.29 is 19.1 Å². The van der Waals surface area contributed by atoms with E-state index in [-0.39, 0.29) is 18.0 Å². The lowest BCUT2D eigenvalue weighted by molar-refractivity contribution is -0.151. The molecule has 1 saturated carbocycles. The van der Waals surface area contributed by atoms with Crippen LogP contribution in [-0.2, 0) is 19.1 Å². The molecule has 0 aromatic heterocycles. The molecule has 0 saturated heterocycles. The normalized spacial score (nSPS) is 16.9. The van der Waals surface area contributed by atoms with Gasteiger partial charge in [-0.1, -0.05) is 142 Å². The Bertz CT molecular complexity index is 652. The molecule has 3 atom stereocenters. The van der Waals surface area contributed by atoms with Gasteiger partial charge in [0.25, 0.3) is 0 Å². The highest BCUT2D eigenvalue weighted by molar-refractivity contribution is 5.69. The van der Waals surface area contributed by atoms with E-state index < -0.39 is 0 Å². The first-order chi connectivity index (χ1) is 21.0. The molecule has 5 nitrogen and oxygen atoms in total. The van der Waals surface area contributed by atoms with E-state index in [0.717, 1.165) is 38.1 Å². The minimum absolute atomic E-state index is 0.00933. The van der Waals surface area contributed by atoms with Gasteiger partial charge in [0.1, 0.15) is 6.10 Å². The highest BCUT2D eigenvalue weighted by Gasteiger charge is 2.43. The van der Waals surface area contributed by atoms with Gasteiger partial charge in [-0.15, -0.1) is 0 Å². The summed E-state index contributed by atoms with van der Waals surface area (Å²) >= 11 is 0. The second kappa shape index (κ2) is 28.4. The Morgan fingerprint density at radius 1 is 0.628 bits per heavy atom. The van der Waals surface area contributed by atoms with E-state index in [1.165, 1.54) is 148 Å². The van der Waals surface area contributed by atoms with Crippen LogP contribution in [0.3, 0.4) is 0 Å². The van der Waals surface area contributed by atoms with Crippen LogP contribution in [0.2, 0.25) is 0 Å². The molecule has 1 rings (SSSR count). The van der Waals surface area contributed by atoms with E-state index >= 15 is 0 Å². The molecule has 0 spiro atoms. The topological polar surface area (TPSA) is 55.8 Å². The number of methoxy groups -OCH3 is 1. The molecular weight excluding hydrogens is 534 g/mol. The summed E-state index contributed by atoms with van der Waals surface area (Å²) in [7, 11) is 5.57. The molecule has 1 aliphatic carbocycles. The van der Waals surface area contributed by atoms with Gasteiger partial charge in [0.05, 0.1) is 7.11 Å². The Kier molecular flexibility index (Phi) is 26.3. The lowest BCUT2D eigenvalue weighted by atomic mass is 10.0. The first kappa shape index (κ1) is 39.9. The highest BCUT2D eigenvalue weighted by Crippen LogP contribution is 2.47. The maximum atomic E-state index is 12.6. The maximum Gasteiger partial charge on any atom is 0.306 e. The van der Waals surface area contributed by atoms with Crippen molar-refractivity contribution in [3.8, 4) is 0 Å². The van der Waals surface area contributed by atoms with Gasteiger partial charge in [0.15, 0.2) is 0 Å². The van der Waals surface area contributed by atoms with E-state index in [4.69, 9.17) is 9.47 Å². The van der Waals surface area contributed by atoms with Crippen molar-refractivity contribution in [3.05, 3.63) is 0 Å². The van der Waals surface area contributed by atoms with Crippen molar-refractivity contribution in [1.29, 1.82) is 0 Å². The molecule has 43 heavy (non-hydrogen) atoms. The van der Waals surface area contributed by atoms with Gasteiger partial charge in [-0.2, -0.15) is 0 Å². The highest BCUT2D eigenvalue weighted by atomic mass is 16.5. The fraction of sp³-hybridized carbons (Fsp3) is 0.947. The third-order valence-corrected chi connectivity index (χ3v) is 9.50. The molecule has 5 heteroatoms. The molecule has 0 N–H and O–H groups in total. The Morgan fingerprint density at radius 2 is 1.09 bits per heavy atom. The Balaban J connectivity index is 2.13. The largest absolute Gasteiger partial charge is 0.469 e. The lowest BCUT2D eigenvalue weighted by Crippen LogP contribution is -2.22. The van der Waals surface area contributed by atoms with Gasteiger partial charge in [-0.05, 0) is 64.6 Å². The van der Waals surface area contributed by atoms with Crippen molar-refractivity contribution >= 4 is 11.9 Å². The summed E-state index contributed by atoms with van der Waals surface area (Å²) in [6, 6.07) is 0. The Hall–Kier alpha value is -1.10. The van der Waals surface area contributed by atoms with Crippen LogP contribution in [0.15, 0.2) is 0 Å². The third kappa shape index (κ3) is 24.9. The van der Waals surface area contributed by atoms with E-state index in [2.05, 4.69) is 25.9 Å². The molecule has 0 aliphatic heterocycles.